The van der Waals surface area contributed by atoms with Crippen LogP contribution in [0.25, 0.3) is 0 Å². The number of hydrogen-bond donors (Lipinski definition) is 1. The summed E-state index contributed by atoms with van der Waals surface area (Å²) in [6.07, 6.45) is 5.10. The summed E-state index contributed by atoms with van der Waals surface area (Å²) in [5.74, 6) is 1.66. The maximum atomic E-state index is 12.2. The number of thioether (sulfide) groups is 1. The van der Waals surface area contributed by atoms with Crippen molar-refractivity contribution >= 4 is 17.7 Å². The zero-order valence-corrected chi connectivity index (χ0v) is 11.4. The lowest BCUT2D eigenvalue weighted by Gasteiger charge is -2.29. The van der Waals surface area contributed by atoms with E-state index in [0.29, 0.717) is 12.0 Å². The van der Waals surface area contributed by atoms with E-state index in [2.05, 4.69) is 13.8 Å². The van der Waals surface area contributed by atoms with Crippen molar-refractivity contribution in [2.75, 3.05) is 18.6 Å². The molecule has 0 spiro atoms. The maximum Gasteiger partial charge on any atom is 0.239 e. The van der Waals surface area contributed by atoms with E-state index < -0.39 is 0 Å². The number of rotatable bonds is 5. The molecule has 94 valence electrons. The Morgan fingerprint density at radius 2 is 2.25 bits per heavy atom. The third-order valence-corrected chi connectivity index (χ3v) is 3.95. The standard InChI is InChI=1S/C12H24N2OS/c1-9(2)11-5-4-7-14(11)12(15)10(13)6-8-16-3/h9-11H,4-8,13H2,1-3H3/t10-,11?/m0/s1. The normalized spacial score (nSPS) is 22.8. The van der Waals surface area contributed by atoms with Gasteiger partial charge in [0.2, 0.25) is 5.91 Å². The van der Waals surface area contributed by atoms with Crippen LogP contribution in [0.5, 0.6) is 0 Å². The Kier molecular flexibility index (Phi) is 5.62. The first-order valence-electron chi connectivity index (χ1n) is 6.13. The first kappa shape index (κ1) is 13.8. The van der Waals surface area contributed by atoms with Crippen molar-refractivity contribution in [1.82, 2.24) is 4.90 Å². The summed E-state index contributed by atoms with van der Waals surface area (Å²) >= 11 is 1.75. The molecule has 1 saturated heterocycles. The minimum Gasteiger partial charge on any atom is -0.338 e. The highest BCUT2D eigenvalue weighted by Crippen LogP contribution is 2.24. The molecule has 1 aliphatic rings. The topological polar surface area (TPSA) is 46.3 Å². The Labute approximate surface area is 103 Å². The molecule has 0 aromatic heterocycles. The van der Waals surface area contributed by atoms with Gasteiger partial charge in [-0.25, -0.2) is 0 Å². The van der Waals surface area contributed by atoms with Gasteiger partial charge in [0.15, 0.2) is 0 Å². The highest BCUT2D eigenvalue weighted by Gasteiger charge is 2.32. The number of hydrogen-bond acceptors (Lipinski definition) is 3. The Bertz CT molecular complexity index is 233. The molecular weight excluding hydrogens is 220 g/mol. The minimum atomic E-state index is -0.299. The van der Waals surface area contributed by atoms with Crippen molar-refractivity contribution in [1.29, 1.82) is 0 Å². The summed E-state index contributed by atoms with van der Waals surface area (Å²) in [6.45, 7) is 5.27. The summed E-state index contributed by atoms with van der Waals surface area (Å²) in [5.41, 5.74) is 5.94. The van der Waals surface area contributed by atoms with Gasteiger partial charge in [0.1, 0.15) is 0 Å². The van der Waals surface area contributed by atoms with E-state index >= 15 is 0 Å². The number of amides is 1. The van der Waals surface area contributed by atoms with Crippen LogP contribution in [0.15, 0.2) is 0 Å². The van der Waals surface area contributed by atoms with E-state index in [0.717, 1.165) is 31.6 Å². The molecular formula is C12H24N2OS. The van der Waals surface area contributed by atoms with Gasteiger partial charge in [0.05, 0.1) is 6.04 Å². The van der Waals surface area contributed by atoms with Crippen LogP contribution >= 0.6 is 11.8 Å². The summed E-state index contributed by atoms with van der Waals surface area (Å²) in [5, 5.41) is 0. The molecule has 1 heterocycles. The highest BCUT2D eigenvalue weighted by molar-refractivity contribution is 7.98. The molecule has 1 rings (SSSR count). The van der Waals surface area contributed by atoms with E-state index in [1.54, 1.807) is 11.8 Å². The molecule has 4 heteroatoms. The number of nitrogens with two attached hydrogens (primary N) is 1. The predicted octanol–water partition coefficient (Wildman–Crippen LogP) is 1.71. The molecule has 1 fully saturated rings. The Balaban J connectivity index is 2.51. The second-order valence-electron chi connectivity index (χ2n) is 4.87. The quantitative estimate of drug-likeness (QED) is 0.801. The second kappa shape index (κ2) is 6.50. The van der Waals surface area contributed by atoms with Crippen molar-refractivity contribution in [2.24, 2.45) is 11.7 Å². The van der Waals surface area contributed by atoms with Crippen LogP contribution in [0, 0.1) is 5.92 Å². The molecule has 16 heavy (non-hydrogen) atoms. The molecule has 1 aliphatic heterocycles. The Morgan fingerprint density at radius 3 is 2.81 bits per heavy atom. The van der Waals surface area contributed by atoms with Crippen molar-refractivity contribution in [2.45, 2.75) is 45.2 Å². The Morgan fingerprint density at radius 1 is 1.56 bits per heavy atom. The molecule has 0 aromatic rings. The monoisotopic (exact) mass is 244 g/mol. The van der Waals surface area contributed by atoms with Gasteiger partial charge < -0.3 is 10.6 Å². The zero-order valence-electron chi connectivity index (χ0n) is 10.6. The van der Waals surface area contributed by atoms with Gasteiger partial charge in [-0.1, -0.05) is 13.8 Å². The lowest BCUT2D eigenvalue weighted by atomic mass is 10.0. The SMILES string of the molecule is CSCC[C@H](N)C(=O)N1CCCC1C(C)C. The van der Waals surface area contributed by atoms with Crippen LogP contribution in [-0.4, -0.2) is 41.4 Å². The van der Waals surface area contributed by atoms with Crippen LogP contribution in [0.2, 0.25) is 0 Å². The fraction of sp³-hybridized carbons (Fsp3) is 0.917. The number of carbonyl (C=O) groups is 1. The molecule has 3 nitrogen and oxygen atoms in total. The summed E-state index contributed by atoms with van der Waals surface area (Å²) in [7, 11) is 0. The summed E-state index contributed by atoms with van der Waals surface area (Å²) in [4.78, 5) is 14.2. The first-order chi connectivity index (χ1) is 7.57. The molecule has 2 N–H and O–H groups in total. The van der Waals surface area contributed by atoms with Gasteiger partial charge in [-0.2, -0.15) is 11.8 Å². The second-order valence-corrected chi connectivity index (χ2v) is 5.86. The minimum absolute atomic E-state index is 0.158. The molecule has 0 aromatic carbocycles. The number of nitrogens with zero attached hydrogens (tertiary/aromatic N) is 1. The van der Waals surface area contributed by atoms with Crippen molar-refractivity contribution in [3.8, 4) is 0 Å². The number of carbonyl (C=O) groups excluding carboxylic acids is 1. The van der Waals surface area contributed by atoms with E-state index in [1.807, 2.05) is 11.2 Å². The molecule has 0 bridgehead atoms. The van der Waals surface area contributed by atoms with Crippen molar-refractivity contribution in [3.05, 3.63) is 0 Å². The molecule has 0 saturated carbocycles. The molecule has 0 radical (unpaired) electrons. The van der Waals surface area contributed by atoms with E-state index in [1.165, 1.54) is 0 Å². The number of likely N-dealkylation sites (tertiary alicyclic amines) is 1. The Hall–Kier alpha value is -0.220. The van der Waals surface area contributed by atoms with Crippen LogP contribution in [0.4, 0.5) is 0 Å². The zero-order chi connectivity index (χ0) is 12.1. The average molecular weight is 244 g/mol. The molecule has 2 atom stereocenters. The van der Waals surface area contributed by atoms with Gasteiger partial charge in [-0.3, -0.25) is 4.79 Å². The van der Waals surface area contributed by atoms with Crippen molar-refractivity contribution in [3.63, 3.8) is 0 Å². The van der Waals surface area contributed by atoms with Gasteiger partial charge in [-0.15, -0.1) is 0 Å². The summed E-state index contributed by atoms with van der Waals surface area (Å²) in [6, 6.07) is 0.111. The fourth-order valence-electron chi connectivity index (χ4n) is 2.34. The largest absolute Gasteiger partial charge is 0.338 e. The van der Waals surface area contributed by atoms with Crippen molar-refractivity contribution < 1.29 is 4.79 Å². The van der Waals surface area contributed by atoms with E-state index in [4.69, 9.17) is 5.73 Å². The highest BCUT2D eigenvalue weighted by atomic mass is 32.2. The van der Waals surface area contributed by atoms with Gasteiger partial charge in [0.25, 0.3) is 0 Å². The van der Waals surface area contributed by atoms with E-state index in [9.17, 15) is 4.79 Å². The fourth-order valence-corrected chi connectivity index (χ4v) is 2.83. The molecule has 1 amide bonds. The van der Waals surface area contributed by atoms with Crippen LogP contribution < -0.4 is 5.73 Å². The van der Waals surface area contributed by atoms with Crippen LogP contribution in [0.3, 0.4) is 0 Å². The smallest absolute Gasteiger partial charge is 0.239 e. The van der Waals surface area contributed by atoms with Gasteiger partial charge >= 0.3 is 0 Å². The van der Waals surface area contributed by atoms with Crippen LogP contribution in [-0.2, 0) is 4.79 Å². The predicted molar refractivity (Wildman–Crippen MR) is 70.5 cm³/mol. The third-order valence-electron chi connectivity index (χ3n) is 3.30. The van der Waals surface area contributed by atoms with Crippen LogP contribution in [0.1, 0.15) is 33.1 Å². The first-order valence-corrected chi connectivity index (χ1v) is 7.52. The summed E-state index contributed by atoms with van der Waals surface area (Å²) < 4.78 is 0. The van der Waals surface area contributed by atoms with Gasteiger partial charge in [0, 0.05) is 12.6 Å². The lowest BCUT2D eigenvalue weighted by Crippen LogP contribution is -2.47. The maximum absolute atomic E-state index is 12.2. The molecule has 0 aliphatic carbocycles. The molecule has 1 unspecified atom stereocenters. The third kappa shape index (κ3) is 3.39. The van der Waals surface area contributed by atoms with E-state index in [-0.39, 0.29) is 11.9 Å². The van der Waals surface area contributed by atoms with Gasteiger partial charge in [-0.05, 0) is 37.2 Å². The lowest BCUT2D eigenvalue weighted by molar-refractivity contribution is -0.134. The average Bonchev–Trinajstić information content (AvgIpc) is 2.73.